The zero-order valence-electron chi connectivity index (χ0n) is 9.32. The smallest absolute Gasteiger partial charge is 0.339 e. The molecule has 0 bridgehead atoms. The molecule has 0 amide bonds. The van der Waals surface area contributed by atoms with Crippen molar-refractivity contribution in [2.45, 2.75) is 26.7 Å². The molecule has 0 aromatic heterocycles. The minimum absolute atomic E-state index is 0.0288. The Hall–Kier alpha value is -1.84. The number of carboxylic acids is 1. The van der Waals surface area contributed by atoms with Crippen LogP contribution < -0.4 is 4.74 Å². The van der Waals surface area contributed by atoms with E-state index in [1.807, 2.05) is 6.92 Å². The molecule has 0 aliphatic carbocycles. The zero-order valence-corrected chi connectivity index (χ0v) is 9.32. The van der Waals surface area contributed by atoms with Gasteiger partial charge in [-0.15, -0.1) is 0 Å². The van der Waals surface area contributed by atoms with E-state index in [-0.39, 0.29) is 17.7 Å². The van der Waals surface area contributed by atoms with Gasteiger partial charge in [0.05, 0.1) is 0 Å². The van der Waals surface area contributed by atoms with Gasteiger partial charge in [-0.05, 0) is 24.1 Å². The summed E-state index contributed by atoms with van der Waals surface area (Å²) in [5, 5.41) is 8.98. The first-order valence-corrected chi connectivity index (χ1v) is 5.15. The Morgan fingerprint density at radius 3 is 2.50 bits per heavy atom. The first-order chi connectivity index (χ1) is 7.58. The van der Waals surface area contributed by atoms with E-state index < -0.39 is 11.9 Å². The highest BCUT2D eigenvalue weighted by Crippen LogP contribution is 2.21. The lowest BCUT2D eigenvalue weighted by Gasteiger charge is -2.07. The summed E-state index contributed by atoms with van der Waals surface area (Å²) in [6.07, 6.45) is 0.955. The molecule has 0 saturated carbocycles. The van der Waals surface area contributed by atoms with Crippen LogP contribution in [0.3, 0.4) is 0 Å². The van der Waals surface area contributed by atoms with Gasteiger partial charge in [-0.2, -0.15) is 0 Å². The van der Waals surface area contributed by atoms with Crippen LogP contribution in [0.25, 0.3) is 0 Å². The summed E-state index contributed by atoms with van der Waals surface area (Å²) < 4.78 is 4.94. The third-order valence-corrected chi connectivity index (χ3v) is 2.20. The number of carbonyl (C=O) groups is 2. The van der Waals surface area contributed by atoms with E-state index >= 15 is 0 Å². The minimum atomic E-state index is -1.09. The van der Waals surface area contributed by atoms with Crippen LogP contribution in [0, 0.1) is 0 Å². The molecule has 0 fully saturated rings. The predicted molar refractivity (Wildman–Crippen MR) is 58.7 cm³/mol. The fraction of sp³-hybridized carbons (Fsp3) is 0.333. The third kappa shape index (κ3) is 2.82. The number of carbonyl (C=O) groups excluding carboxylic acids is 1. The van der Waals surface area contributed by atoms with E-state index in [0.29, 0.717) is 0 Å². The van der Waals surface area contributed by atoms with Gasteiger partial charge in [0.25, 0.3) is 0 Å². The number of hydrogen-bond donors (Lipinski definition) is 1. The maximum atomic E-state index is 11.1. The monoisotopic (exact) mass is 222 g/mol. The van der Waals surface area contributed by atoms with E-state index in [0.717, 1.165) is 12.0 Å². The zero-order chi connectivity index (χ0) is 12.1. The second-order valence-corrected chi connectivity index (χ2v) is 3.32. The van der Waals surface area contributed by atoms with E-state index in [2.05, 4.69) is 0 Å². The molecule has 0 aliphatic rings. The molecule has 0 unspecified atom stereocenters. The van der Waals surface area contributed by atoms with Gasteiger partial charge in [0.15, 0.2) is 0 Å². The molecule has 1 aromatic rings. The molecular formula is C12H14O4. The quantitative estimate of drug-likeness (QED) is 0.627. The summed E-state index contributed by atoms with van der Waals surface area (Å²) in [6.45, 7) is 3.59. The number of aryl methyl sites for hydroxylation is 1. The number of ether oxygens (including phenoxy) is 1. The Balaban J connectivity index is 3.08. The van der Waals surface area contributed by atoms with Crippen LogP contribution in [0.2, 0.25) is 0 Å². The van der Waals surface area contributed by atoms with E-state index in [1.165, 1.54) is 12.1 Å². The number of aromatic carboxylic acids is 1. The summed E-state index contributed by atoms with van der Waals surface area (Å²) in [6, 6.07) is 4.81. The molecule has 0 heterocycles. The van der Waals surface area contributed by atoms with Crippen molar-refractivity contribution in [2.75, 3.05) is 0 Å². The topological polar surface area (TPSA) is 63.6 Å². The molecule has 4 heteroatoms. The van der Waals surface area contributed by atoms with Crippen LogP contribution in [-0.4, -0.2) is 17.0 Å². The summed E-state index contributed by atoms with van der Waals surface area (Å²) in [7, 11) is 0. The summed E-state index contributed by atoms with van der Waals surface area (Å²) in [5.41, 5.74) is 0.926. The highest BCUT2D eigenvalue weighted by atomic mass is 16.5. The van der Waals surface area contributed by atoms with Crippen molar-refractivity contribution in [3.63, 3.8) is 0 Å². The van der Waals surface area contributed by atoms with Gasteiger partial charge in [-0.25, -0.2) is 4.79 Å². The normalized spacial score (nSPS) is 9.88. The van der Waals surface area contributed by atoms with Gasteiger partial charge < -0.3 is 9.84 Å². The SMILES string of the molecule is CCC(=O)Oc1ccc(CC)cc1C(=O)O. The number of carboxylic acid groups (broad SMARTS) is 1. The molecule has 0 spiro atoms. The van der Waals surface area contributed by atoms with Gasteiger partial charge in [0.1, 0.15) is 11.3 Å². The molecule has 0 aliphatic heterocycles. The average molecular weight is 222 g/mol. The molecule has 0 radical (unpaired) electrons. The first kappa shape index (κ1) is 12.2. The van der Waals surface area contributed by atoms with Gasteiger partial charge in [-0.1, -0.05) is 19.9 Å². The highest BCUT2D eigenvalue weighted by molar-refractivity contribution is 5.92. The fourth-order valence-corrected chi connectivity index (χ4v) is 1.25. The Labute approximate surface area is 93.9 Å². The molecule has 0 saturated heterocycles. The van der Waals surface area contributed by atoms with Crippen molar-refractivity contribution >= 4 is 11.9 Å². The van der Waals surface area contributed by atoms with Crippen LogP contribution in [-0.2, 0) is 11.2 Å². The Bertz CT molecular complexity index is 409. The minimum Gasteiger partial charge on any atom is -0.478 e. The second kappa shape index (κ2) is 5.30. The van der Waals surface area contributed by atoms with Crippen molar-refractivity contribution in [2.24, 2.45) is 0 Å². The molecule has 0 atom stereocenters. The van der Waals surface area contributed by atoms with Gasteiger partial charge >= 0.3 is 11.9 Å². The summed E-state index contributed by atoms with van der Waals surface area (Å²) in [4.78, 5) is 22.1. The summed E-state index contributed by atoms with van der Waals surface area (Å²) in [5.74, 6) is -1.42. The van der Waals surface area contributed by atoms with E-state index in [4.69, 9.17) is 9.84 Å². The van der Waals surface area contributed by atoms with Crippen LogP contribution in [0.4, 0.5) is 0 Å². The van der Waals surface area contributed by atoms with E-state index in [9.17, 15) is 9.59 Å². The average Bonchev–Trinajstić information content (AvgIpc) is 2.29. The lowest BCUT2D eigenvalue weighted by atomic mass is 10.1. The standard InChI is InChI=1S/C12H14O4/c1-3-8-5-6-10(16-11(13)4-2)9(7-8)12(14)15/h5-7H,3-4H2,1-2H3,(H,14,15). The Morgan fingerprint density at radius 2 is 2.00 bits per heavy atom. The van der Waals surface area contributed by atoms with Crippen molar-refractivity contribution in [1.29, 1.82) is 0 Å². The van der Waals surface area contributed by atoms with Gasteiger partial charge in [0, 0.05) is 6.42 Å². The Kier molecular flexibility index (Phi) is 4.05. The van der Waals surface area contributed by atoms with Crippen molar-refractivity contribution < 1.29 is 19.4 Å². The van der Waals surface area contributed by atoms with Gasteiger partial charge in [0.2, 0.25) is 0 Å². The largest absolute Gasteiger partial charge is 0.478 e. The number of esters is 1. The van der Waals surface area contributed by atoms with Crippen molar-refractivity contribution in [1.82, 2.24) is 0 Å². The lowest BCUT2D eigenvalue weighted by Crippen LogP contribution is -2.10. The molecular weight excluding hydrogens is 208 g/mol. The van der Waals surface area contributed by atoms with Crippen LogP contribution in [0.1, 0.15) is 36.2 Å². The molecule has 1 aromatic carbocycles. The molecule has 16 heavy (non-hydrogen) atoms. The number of hydrogen-bond acceptors (Lipinski definition) is 3. The van der Waals surface area contributed by atoms with Crippen LogP contribution in [0.5, 0.6) is 5.75 Å². The lowest BCUT2D eigenvalue weighted by molar-refractivity contribution is -0.134. The van der Waals surface area contributed by atoms with E-state index in [1.54, 1.807) is 13.0 Å². The molecule has 4 nitrogen and oxygen atoms in total. The first-order valence-electron chi connectivity index (χ1n) is 5.15. The molecule has 1 rings (SSSR count). The van der Waals surface area contributed by atoms with Gasteiger partial charge in [-0.3, -0.25) is 4.79 Å². The molecule has 1 N–H and O–H groups in total. The highest BCUT2D eigenvalue weighted by Gasteiger charge is 2.14. The second-order valence-electron chi connectivity index (χ2n) is 3.32. The third-order valence-electron chi connectivity index (χ3n) is 2.20. The number of rotatable bonds is 4. The Morgan fingerprint density at radius 1 is 1.31 bits per heavy atom. The maximum Gasteiger partial charge on any atom is 0.339 e. The fourth-order valence-electron chi connectivity index (χ4n) is 1.25. The number of benzene rings is 1. The van der Waals surface area contributed by atoms with Crippen molar-refractivity contribution in [3.05, 3.63) is 29.3 Å². The van der Waals surface area contributed by atoms with Crippen LogP contribution in [0.15, 0.2) is 18.2 Å². The molecule has 86 valence electrons. The predicted octanol–water partition coefficient (Wildman–Crippen LogP) is 2.26. The van der Waals surface area contributed by atoms with Crippen molar-refractivity contribution in [3.8, 4) is 5.75 Å². The maximum absolute atomic E-state index is 11.1. The summed E-state index contributed by atoms with van der Waals surface area (Å²) >= 11 is 0. The van der Waals surface area contributed by atoms with Crippen LogP contribution >= 0.6 is 0 Å².